The van der Waals surface area contributed by atoms with E-state index in [1.807, 2.05) is 50.2 Å². The number of rotatable bonds is 8. The number of ether oxygens (including phenoxy) is 1. The molecule has 0 saturated carbocycles. The van der Waals surface area contributed by atoms with E-state index in [1.165, 1.54) is 11.3 Å². The molecular formula is C29H32N6O4S. The summed E-state index contributed by atoms with van der Waals surface area (Å²) in [5, 5.41) is 3.92. The van der Waals surface area contributed by atoms with Crippen LogP contribution in [0.5, 0.6) is 0 Å². The molecule has 0 bridgehead atoms. The largest absolute Gasteiger partial charge is 0.372 e. The minimum absolute atomic E-state index is 0.0824. The second-order valence-corrected chi connectivity index (χ2v) is 11.0. The third-order valence-corrected chi connectivity index (χ3v) is 7.94. The van der Waals surface area contributed by atoms with Gasteiger partial charge in [0, 0.05) is 44.4 Å². The lowest BCUT2D eigenvalue weighted by atomic mass is 10.2. The van der Waals surface area contributed by atoms with E-state index in [0.29, 0.717) is 33.1 Å². The van der Waals surface area contributed by atoms with Gasteiger partial charge in [0.1, 0.15) is 0 Å². The summed E-state index contributed by atoms with van der Waals surface area (Å²) >= 11 is 1.41. The first kappa shape index (κ1) is 27.4. The fourth-order valence-corrected chi connectivity index (χ4v) is 5.82. The molecule has 2 atom stereocenters. The van der Waals surface area contributed by atoms with E-state index in [-0.39, 0.29) is 37.0 Å². The second-order valence-electron chi connectivity index (χ2n) is 9.96. The molecule has 0 unspecified atom stereocenters. The van der Waals surface area contributed by atoms with Crippen molar-refractivity contribution in [2.24, 2.45) is 5.73 Å². The smallest absolute Gasteiger partial charge is 0.268 e. The topological polar surface area (TPSA) is 123 Å². The summed E-state index contributed by atoms with van der Waals surface area (Å²) in [6.45, 7) is 5.86. The maximum atomic E-state index is 13.3. The first-order chi connectivity index (χ1) is 19.2. The van der Waals surface area contributed by atoms with Crippen LogP contribution in [0.3, 0.4) is 0 Å². The number of fused-ring (bicyclic) bond motifs is 1. The average molecular weight is 561 g/mol. The maximum Gasteiger partial charge on any atom is 0.268 e. The van der Waals surface area contributed by atoms with Gasteiger partial charge in [0.15, 0.2) is 0 Å². The Hall–Kier alpha value is -4.22. The van der Waals surface area contributed by atoms with Crippen molar-refractivity contribution < 1.29 is 19.1 Å². The molecule has 1 aliphatic heterocycles. The summed E-state index contributed by atoms with van der Waals surface area (Å²) in [4.78, 5) is 46.8. The number of hydrogen-bond donors (Lipinski definition) is 2. The number of anilines is 3. The number of imidazole rings is 1. The molecular weight excluding hydrogens is 528 g/mol. The molecule has 1 aliphatic rings. The SMILES string of the molecule is C[C@@H]1CN(c2ccc(C(=O)Nc3nc4cc(N(C)C(=O)c5ccccc5)ccc4n3CCC(N)=O)s2)C[C@@H](C)O1. The van der Waals surface area contributed by atoms with Gasteiger partial charge in [-0.05, 0) is 56.3 Å². The van der Waals surface area contributed by atoms with Gasteiger partial charge in [-0.25, -0.2) is 4.98 Å². The molecule has 3 heterocycles. The van der Waals surface area contributed by atoms with Gasteiger partial charge in [-0.15, -0.1) is 11.3 Å². The number of nitrogens with two attached hydrogens (primary N) is 1. The predicted octanol–water partition coefficient (Wildman–Crippen LogP) is 4.12. The summed E-state index contributed by atoms with van der Waals surface area (Å²) in [7, 11) is 1.70. The summed E-state index contributed by atoms with van der Waals surface area (Å²) in [6.07, 6.45) is 0.305. The monoisotopic (exact) mass is 560 g/mol. The number of thiophene rings is 1. The lowest BCUT2D eigenvalue weighted by Crippen LogP contribution is -2.45. The molecule has 0 aliphatic carbocycles. The Morgan fingerprint density at radius 1 is 1.07 bits per heavy atom. The Balaban J connectivity index is 1.40. The summed E-state index contributed by atoms with van der Waals surface area (Å²) in [5.74, 6) is -0.600. The summed E-state index contributed by atoms with van der Waals surface area (Å²) in [6, 6.07) is 18.2. The number of hydrogen-bond acceptors (Lipinski definition) is 7. The fraction of sp³-hybridized carbons (Fsp3) is 0.310. The highest BCUT2D eigenvalue weighted by molar-refractivity contribution is 7.18. The number of carbonyl (C=O) groups is 3. The van der Waals surface area contributed by atoms with E-state index in [1.54, 1.807) is 40.8 Å². The maximum absolute atomic E-state index is 13.3. The normalized spacial score (nSPS) is 17.1. The molecule has 40 heavy (non-hydrogen) atoms. The Bertz CT molecular complexity index is 1540. The molecule has 3 N–H and O–H groups in total. The first-order valence-corrected chi connectivity index (χ1v) is 13.9. The molecule has 2 aromatic carbocycles. The van der Waals surface area contributed by atoms with Gasteiger partial charge in [0.2, 0.25) is 11.9 Å². The number of morpholine rings is 1. The van der Waals surface area contributed by atoms with Crippen LogP contribution in [0.25, 0.3) is 11.0 Å². The number of aromatic nitrogens is 2. The Labute approximate surface area is 236 Å². The molecule has 1 fully saturated rings. The third-order valence-electron chi connectivity index (χ3n) is 6.80. The molecule has 208 valence electrons. The van der Waals surface area contributed by atoms with Crippen LogP contribution in [0.4, 0.5) is 16.6 Å². The van der Waals surface area contributed by atoms with Crippen molar-refractivity contribution >= 4 is 56.7 Å². The van der Waals surface area contributed by atoms with Crippen LogP contribution in [0.2, 0.25) is 0 Å². The molecule has 11 heteroatoms. The van der Waals surface area contributed by atoms with Gasteiger partial charge < -0.3 is 24.8 Å². The number of primary amides is 1. The number of benzene rings is 2. The number of nitrogens with zero attached hydrogens (tertiary/aromatic N) is 4. The van der Waals surface area contributed by atoms with E-state index in [0.717, 1.165) is 18.1 Å². The zero-order valence-electron chi connectivity index (χ0n) is 22.7. The fourth-order valence-electron chi connectivity index (χ4n) is 4.90. The van der Waals surface area contributed by atoms with Crippen LogP contribution in [0.15, 0.2) is 60.7 Å². The van der Waals surface area contributed by atoms with E-state index >= 15 is 0 Å². The highest BCUT2D eigenvalue weighted by Gasteiger charge is 2.25. The van der Waals surface area contributed by atoms with E-state index in [2.05, 4.69) is 15.2 Å². The minimum atomic E-state index is -0.458. The molecule has 2 aromatic heterocycles. The molecule has 1 saturated heterocycles. The van der Waals surface area contributed by atoms with Gasteiger partial charge in [-0.1, -0.05) is 18.2 Å². The highest BCUT2D eigenvalue weighted by Crippen LogP contribution is 2.30. The number of carbonyl (C=O) groups excluding carboxylic acids is 3. The Kier molecular flexibility index (Phi) is 7.85. The molecule has 10 nitrogen and oxygen atoms in total. The van der Waals surface area contributed by atoms with Gasteiger partial charge in [-0.3, -0.25) is 19.7 Å². The standard InChI is InChI=1S/C29H32N6O4S/c1-18-16-34(17-19(2)39-18)26-12-11-24(40-26)27(37)32-29-31-22-15-21(9-10-23(22)35(29)14-13-25(30)36)33(3)28(38)20-7-5-4-6-8-20/h4-12,15,18-19H,13-14,16-17H2,1-3H3,(H2,30,36)(H,31,32,37)/t18-,19-/m1/s1. The summed E-state index contributed by atoms with van der Waals surface area (Å²) < 4.78 is 7.59. The van der Waals surface area contributed by atoms with Crippen molar-refractivity contribution in [1.82, 2.24) is 9.55 Å². The Morgan fingerprint density at radius 2 is 1.80 bits per heavy atom. The minimum Gasteiger partial charge on any atom is -0.372 e. The molecule has 3 amide bonds. The van der Waals surface area contributed by atoms with Gasteiger partial charge in [0.05, 0.1) is 33.1 Å². The number of nitrogens with one attached hydrogen (secondary N) is 1. The van der Waals surface area contributed by atoms with E-state index in [9.17, 15) is 14.4 Å². The first-order valence-electron chi connectivity index (χ1n) is 13.1. The van der Waals surface area contributed by atoms with Crippen molar-refractivity contribution in [3.63, 3.8) is 0 Å². The molecule has 0 radical (unpaired) electrons. The van der Waals surface area contributed by atoms with Crippen molar-refractivity contribution in [3.05, 3.63) is 71.1 Å². The van der Waals surface area contributed by atoms with Crippen molar-refractivity contribution in [1.29, 1.82) is 0 Å². The lowest BCUT2D eigenvalue weighted by Gasteiger charge is -2.35. The van der Waals surface area contributed by atoms with Gasteiger partial charge in [-0.2, -0.15) is 0 Å². The lowest BCUT2D eigenvalue weighted by molar-refractivity contribution is -0.118. The van der Waals surface area contributed by atoms with E-state index in [4.69, 9.17) is 10.5 Å². The quantitative estimate of drug-likeness (QED) is 0.334. The van der Waals surface area contributed by atoms with Crippen molar-refractivity contribution in [2.45, 2.75) is 39.0 Å². The average Bonchev–Trinajstić information content (AvgIpc) is 3.56. The Morgan fingerprint density at radius 3 is 2.50 bits per heavy atom. The summed E-state index contributed by atoms with van der Waals surface area (Å²) in [5.41, 5.74) is 7.93. The van der Waals surface area contributed by atoms with Crippen molar-refractivity contribution in [2.75, 3.05) is 35.3 Å². The van der Waals surface area contributed by atoms with Crippen LogP contribution < -0.4 is 20.9 Å². The highest BCUT2D eigenvalue weighted by atomic mass is 32.1. The molecule has 4 aromatic rings. The van der Waals surface area contributed by atoms with Gasteiger partial charge in [0.25, 0.3) is 11.8 Å². The van der Waals surface area contributed by atoms with Crippen LogP contribution >= 0.6 is 11.3 Å². The van der Waals surface area contributed by atoms with Crippen LogP contribution in [0, 0.1) is 0 Å². The number of aryl methyl sites for hydroxylation is 1. The predicted molar refractivity (Wildman–Crippen MR) is 157 cm³/mol. The number of amides is 3. The molecule has 0 spiro atoms. The van der Waals surface area contributed by atoms with Gasteiger partial charge >= 0.3 is 0 Å². The zero-order chi connectivity index (χ0) is 28.4. The zero-order valence-corrected chi connectivity index (χ0v) is 23.5. The molecule has 5 rings (SSSR count). The van der Waals surface area contributed by atoms with Crippen molar-refractivity contribution in [3.8, 4) is 0 Å². The van der Waals surface area contributed by atoms with Crippen LogP contribution in [-0.2, 0) is 16.1 Å². The third kappa shape index (κ3) is 5.85. The second kappa shape index (κ2) is 11.5. The van der Waals surface area contributed by atoms with Crippen LogP contribution in [0.1, 0.15) is 40.3 Å². The van der Waals surface area contributed by atoms with E-state index < -0.39 is 5.91 Å². The van der Waals surface area contributed by atoms with Crippen LogP contribution in [-0.4, -0.2) is 59.6 Å².